The van der Waals surface area contributed by atoms with Crippen LogP contribution in [0.3, 0.4) is 0 Å². The van der Waals surface area contributed by atoms with Gasteiger partial charge in [-0.15, -0.1) is 21.5 Å². The van der Waals surface area contributed by atoms with Gasteiger partial charge in [0.2, 0.25) is 5.91 Å². The van der Waals surface area contributed by atoms with Crippen LogP contribution in [0.5, 0.6) is 0 Å². The Morgan fingerprint density at radius 1 is 1.00 bits per heavy atom. The number of aromatic nitrogens is 3. The van der Waals surface area contributed by atoms with Crippen molar-refractivity contribution in [1.82, 2.24) is 15.2 Å². The summed E-state index contributed by atoms with van der Waals surface area (Å²) in [5.41, 5.74) is 2.87. The molecular formula is C23H20ClN5OS. The number of hydrogen-bond acceptors (Lipinski definition) is 6. The molecule has 31 heavy (non-hydrogen) atoms. The molecule has 2 aromatic carbocycles. The van der Waals surface area contributed by atoms with E-state index in [4.69, 9.17) is 16.6 Å². The number of amides is 1. The van der Waals surface area contributed by atoms with Crippen LogP contribution in [-0.2, 0) is 4.79 Å². The molecule has 2 aromatic heterocycles. The highest BCUT2D eigenvalue weighted by Crippen LogP contribution is 2.31. The zero-order valence-electron chi connectivity index (χ0n) is 16.7. The molecular weight excluding hydrogens is 430 g/mol. The van der Waals surface area contributed by atoms with Crippen molar-refractivity contribution in [1.29, 1.82) is 0 Å². The third-order valence-corrected chi connectivity index (χ3v) is 6.79. The molecule has 3 heterocycles. The Bertz CT molecular complexity index is 1170. The van der Waals surface area contributed by atoms with E-state index in [-0.39, 0.29) is 11.8 Å². The third kappa shape index (κ3) is 4.38. The number of rotatable bonds is 4. The van der Waals surface area contributed by atoms with E-state index in [1.807, 2.05) is 48.5 Å². The predicted molar refractivity (Wildman–Crippen MR) is 126 cm³/mol. The number of fused-ring (bicyclic) bond motifs is 1. The van der Waals surface area contributed by atoms with Crippen LogP contribution in [0.25, 0.3) is 20.8 Å². The molecule has 1 amide bonds. The molecule has 0 unspecified atom stereocenters. The second kappa shape index (κ2) is 8.61. The first-order valence-electron chi connectivity index (χ1n) is 10.2. The number of hydrogen-bond donors (Lipinski definition) is 1. The fourth-order valence-electron chi connectivity index (χ4n) is 3.78. The number of carbonyl (C=O) groups is 1. The summed E-state index contributed by atoms with van der Waals surface area (Å²) in [4.78, 5) is 19.6. The normalized spacial score (nSPS) is 14.7. The van der Waals surface area contributed by atoms with Crippen LogP contribution in [0.15, 0.2) is 60.7 Å². The fourth-order valence-corrected chi connectivity index (χ4v) is 4.86. The standard InChI is InChI=1S/C23H20ClN5OS/c24-20-9-10-21(28-27-20)29-13-11-15(12-14-29)22(30)25-17-7-5-16(6-8-17)23-26-18-3-1-2-4-19(18)31-23/h1-10,15H,11-14H2,(H,25,30). The Kier molecular flexibility index (Phi) is 5.53. The van der Waals surface area contributed by atoms with Gasteiger partial charge in [0.15, 0.2) is 11.0 Å². The van der Waals surface area contributed by atoms with Crippen molar-refractivity contribution < 1.29 is 4.79 Å². The Hall–Kier alpha value is -3.03. The Labute approximate surface area is 188 Å². The van der Waals surface area contributed by atoms with Crippen LogP contribution in [0.1, 0.15) is 12.8 Å². The number of anilines is 2. The predicted octanol–water partition coefficient (Wildman–Crippen LogP) is 5.26. The quantitative estimate of drug-likeness (QED) is 0.460. The molecule has 0 aliphatic carbocycles. The summed E-state index contributed by atoms with van der Waals surface area (Å²) in [5.74, 6) is 0.851. The van der Waals surface area contributed by atoms with Gasteiger partial charge in [-0.1, -0.05) is 23.7 Å². The largest absolute Gasteiger partial charge is 0.355 e. The highest BCUT2D eigenvalue weighted by atomic mass is 35.5. The summed E-state index contributed by atoms with van der Waals surface area (Å²) in [6.07, 6.45) is 1.56. The van der Waals surface area contributed by atoms with Gasteiger partial charge < -0.3 is 10.2 Å². The second-order valence-corrected chi connectivity index (χ2v) is 8.95. The maximum atomic E-state index is 12.7. The molecule has 1 N–H and O–H groups in total. The lowest BCUT2D eigenvalue weighted by Gasteiger charge is -2.31. The number of carbonyl (C=O) groups excluding carboxylic acids is 1. The van der Waals surface area contributed by atoms with Crippen LogP contribution in [0, 0.1) is 5.92 Å². The van der Waals surface area contributed by atoms with E-state index in [0.29, 0.717) is 5.15 Å². The van der Waals surface area contributed by atoms with Crippen molar-refractivity contribution in [2.45, 2.75) is 12.8 Å². The first-order chi connectivity index (χ1) is 15.2. The van der Waals surface area contributed by atoms with Gasteiger partial charge in [-0.25, -0.2) is 4.98 Å². The van der Waals surface area contributed by atoms with E-state index in [0.717, 1.165) is 53.5 Å². The topological polar surface area (TPSA) is 71.0 Å². The van der Waals surface area contributed by atoms with Crippen molar-refractivity contribution in [3.63, 3.8) is 0 Å². The molecule has 0 atom stereocenters. The Morgan fingerprint density at radius 3 is 2.48 bits per heavy atom. The highest BCUT2D eigenvalue weighted by molar-refractivity contribution is 7.21. The third-order valence-electron chi connectivity index (χ3n) is 5.50. The maximum absolute atomic E-state index is 12.7. The Balaban J connectivity index is 1.19. The number of thiazole rings is 1. The van der Waals surface area contributed by atoms with E-state index in [1.54, 1.807) is 17.4 Å². The molecule has 0 saturated carbocycles. The molecule has 6 nitrogen and oxygen atoms in total. The minimum absolute atomic E-state index is 0.0135. The first kappa shape index (κ1) is 19.9. The van der Waals surface area contributed by atoms with Crippen molar-refractivity contribution in [2.24, 2.45) is 5.92 Å². The maximum Gasteiger partial charge on any atom is 0.227 e. The van der Waals surface area contributed by atoms with E-state index in [2.05, 4.69) is 26.5 Å². The van der Waals surface area contributed by atoms with Gasteiger partial charge in [-0.3, -0.25) is 4.79 Å². The van der Waals surface area contributed by atoms with Crippen LogP contribution in [0.4, 0.5) is 11.5 Å². The summed E-state index contributed by atoms with van der Waals surface area (Å²) in [6, 6.07) is 19.6. The van der Waals surface area contributed by atoms with E-state index in [9.17, 15) is 4.79 Å². The lowest BCUT2D eigenvalue weighted by molar-refractivity contribution is -0.120. The average Bonchev–Trinajstić information content (AvgIpc) is 3.24. The van der Waals surface area contributed by atoms with Crippen LogP contribution >= 0.6 is 22.9 Å². The first-order valence-corrected chi connectivity index (χ1v) is 11.4. The van der Waals surface area contributed by atoms with Crippen molar-refractivity contribution in [3.05, 3.63) is 65.8 Å². The van der Waals surface area contributed by atoms with E-state index < -0.39 is 0 Å². The summed E-state index contributed by atoms with van der Waals surface area (Å²) < 4.78 is 1.17. The molecule has 8 heteroatoms. The second-order valence-electron chi connectivity index (χ2n) is 7.53. The zero-order chi connectivity index (χ0) is 21.2. The SMILES string of the molecule is O=C(Nc1ccc(-c2nc3ccccc3s2)cc1)C1CCN(c2ccc(Cl)nn2)CC1. The number of benzene rings is 2. The van der Waals surface area contributed by atoms with Gasteiger partial charge >= 0.3 is 0 Å². The molecule has 5 rings (SSSR count). The van der Waals surface area contributed by atoms with Crippen molar-refractivity contribution in [3.8, 4) is 10.6 Å². The highest BCUT2D eigenvalue weighted by Gasteiger charge is 2.26. The molecule has 4 aromatic rings. The molecule has 0 radical (unpaired) electrons. The lowest BCUT2D eigenvalue weighted by Crippen LogP contribution is -2.38. The minimum atomic E-state index is -0.0135. The number of nitrogens with zero attached hydrogens (tertiary/aromatic N) is 4. The van der Waals surface area contributed by atoms with Crippen molar-refractivity contribution >= 4 is 50.6 Å². The lowest BCUT2D eigenvalue weighted by atomic mass is 9.96. The van der Waals surface area contributed by atoms with Gasteiger partial charge in [-0.05, 0) is 61.4 Å². The molecule has 1 saturated heterocycles. The molecule has 0 bridgehead atoms. The summed E-state index contributed by atoms with van der Waals surface area (Å²) in [6.45, 7) is 1.54. The fraction of sp³-hybridized carbons (Fsp3) is 0.217. The summed E-state index contributed by atoms with van der Waals surface area (Å²) >= 11 is 7.48. The summed E-state index contributed by atoms with van der Waals surface area (Å²) in [7, 11) is 0. The molecule has 0 spiro atoms. The molecule has 1 aliphatic rings. The van der Waals surface area contributed by atoms with Gasteiger partial charge in [0.05, 0.1) is 10.2 Å². The van der Waals surface area contributed by atoms with E-state index >= 15 is 0 Å². The summed E-state index contributed by atoms with van der Waals surface area (Å²) in [5, 5.41) is 12.4. The number of para-hydroxylation sites is 1. The molecule has 1 fully saturated rings. The van der Waals surface area contributed by atoms with Crippen LogP contribution in [-0.4, -0.2) is 34.2 Å². The number of nitrogens with one attached hydrogen (secondary N) is 1. The molecule has 1 aliphatic heterocycles. The van der Waals surface area contributed by atoms with Crippen LogP contribution in [0.2, 0.25) is 5.15 Å². The van der Waals surface area contributed by atoms with E-state index in [1.165, 1.54) is 4.70 Å². The minimum Gasteiger partial charge on any atom is -0.355 e. The van der Waals surface area contributed by atoms with Gasteiger partial charge in [-0.2, -0.15) is 0 Å². The van der Waals surface area contributed by atoms with Gasteiger partial charge in [0, 0.05) is 30.3 Å². The number of halogens is 1. The smallest absolute Gasteiger partial charge is 0.227 e. The Morgan fingerprint density at radius 2 is 1.77 bits per heavy atom. The molecule has 156 valence electrons. The zero-order valence-corrected chi connectivity index (χ0v) is 18.2. The average molecular weight is 450 g/mol. The van der Waals surface area contributed by atoms with Crippen LogP contribution < -0.4 is 10.2 Å². The van der Waals surface area contributed by atoms with Gasteiger partial charge in [0.25, 0.3) is 0 Å². The monoisotopic (exact) mass is 449 g/mol. The van der Waals surface area contributed by atoms with Gasteiger partial charge in [0.1, 0.15) is 5.01 Å². The number of piperidine rings is 1. The van der Waals surface area contributed by atoms with Crippen molar-refractivity contribution in [2.75, 3.05) is 23.3 Å².